The van der Waals surface area contributed by atoms with Crippen LogP contribution in [0.2, 0.25) is 0 Å². The fourth-order valence-electron chi connectivity index (χ4n) is 2.44. The maximum Gasteiger partial charge on any atom is 0.465 e. The van der Waals surface area contributed by atoms with E-state index < -0.39 is 20.8 Å². The van der Waals surface area contributed by atoms with Crippen LogP contribution in [0.15, 0.2) is 48.5 Å². The van der Waals surface area contributed by atoms with Gasteiger partial charge in [-0.2, -0.15) is 16.8 Å². The monoisotopic (exact) mass is 542 g/mol. The maximum absolute atomic E-state index is 10.9. The van der Waals surface area contributed by atoms with Crippen LogP contribution in [0.4, 0.5) is 0 Å². The number of benzene rings is 2. The van der Waals surface area contributed by atoms with Gasteiger partial charge in [0.25, 0.3) is 0 Å². The maximum atomic E-state index is 10.9. The molecule has 2 aromatic rings. The van der Waals surface area contributed by atoms with E-state index in [1.54, 1.807) is 36.4 Å². The molecule has 0 heterocycles. The van der Waals surface area contributed by atoms with Crippen molar-refractivity contribution in [2.24, 2.45) is 0 Å². The summed E-state index contributed by atoms with van der Waals surface area (Å²) in [5.41, 5.74) is 2.22. The topological polar surface area (TPSA) is 105 Å². The molecule has 0 spiro atoms. The zero-order chi connectivity index (χ0) is 25.5. The molecule has 186 valence electrons. The van der Waals surface area contributed by atoms with Crippen LogP contribution in [0.3, 0.4) is 0 Å². The summed E-state index contributed by atoms with van der Waals surface area (Å²) in [7, 11) is -8.32. The summed E-state index contributed by atoms with van der Waals surface area (Å²) in [4.78, 5) is 0. The zero-order valence-corrected chi connectivity index (χ0v) is 22.3. The summed E-state index contributed by atoms with van der Waals surface area (Å²) in [5.74, 6) is 0.329. The summed E-state index contributed by atoms with van der Waals surface area (Å²) < 4.78 is 60.1. The molecule has 33 heavy (non-hydrogen) atoms. The average Bonchev–Trinajstić information content (AvgIpc) is 2.74. The molecule has 12 heteroatoms. The Kier molecular flexibility index (Phi) is 10.5. The lowest BCUT2D eigenvalue weighted by Crippen LogP contribution is -2.15. The molecule has 0 unspecified atom stereocenters. The van der Waals surface area contributed by atoms with Crippen molar-refractivity contribution in [3.8, 4) is 11.5 Å². The van der Waals surface area contributed by atoms with Crippen LogP contribution in [0.1, 0.15) is 59.1 Å². The highest BCUT2D eigenvalue weighted by molar-refractivity contribution is 7.83. The van der Waals surface area contributed by atoms with Gasteiger partial charge < -0.3 is 8.37 Å². The van der Waals surface area contributed by atoms with Crippen LogP contribution in [-0.2, 0) is 39.1 Å². The predicted molar refractivity (Wildman–Crippen MR) is 128 cm³/mol. The molecule has 8 nitrogen and oxygen atoms in total. The van der Waals surface area contributed by atoms with Gasteiger partial charge in [0.1, 0.15) is 11.5 Å². The fraction of sp³-hybridized carbons (Fsp3) is 0.429. The Morgan fingerprint density at radius 1 is 0.667 bits per heavy atom. The Morgan fingerprint density at radius 3 is 1.27 bits per heavy atom. The Bertz CT molecular complexity index is 1090. The molecule has 0 saturated carbocycles. The number of halogens is 2. The van der Waals surface area contributed by atoms with Crippen LogP contribution in [0.25, 0.3) is 0 Å². The Balaban J connectivity index is 0.000000331. The summed E-state index contributed by atoms with van der Waals surface area (Å²) in [5, 5.41) is 0. The molecule has 0 fully saturated rings. The second-order valence-electron chi connectivity index (χ2n) is 8.65. The molecule has 0 atom stereocenters. The molecule has 0 aliphatic carbocycles. The first-order valence-electron chi connectivity index (χ1n) is 9.75. The fourth-order valence-corrected chi connectivity index (χ4v) is 3.34. The van der Waals surface area contributed by atoms with E-state index in [-0.39, 0.29) is 22.3 Å². The van der Waals surface area contributed by atoms with Gasteiger partial charge in [0.2, 0.25) is 0 Å². The second-order valence-corrected chi connectivity index (χ2v) is 11.6. The molecule has 0 saturated heterocycles. The number of hydrogen-bond donors (Lipinski definition) is 0. The lowest BCUT2D eigenvalue weighted by atomic mass is 9.82. The average molecular weight is 543 g/mol. The second kappa shape index (κ2) is 11.7. The highest BCUT2D eigenvalue weighted by Gasteiger charge is 2.19. The molecule has 0 amide bonds. The van der Waals surface area contributed by atoms with Crippen molar-refractivity contribution in [2.75, 3.05) is 0 Å². The van der Waals surface area contributed by atoms with Gasteiger partial charge in [-0.3, -0.25) is 0 Å². The Labute approximate surface area is 206 Å². The van der Waals surface area contributed by atoms with E-state index in [1.807, 2.05) is 12.1 Å². The van der Waals surface area contributed by atoms with Crippen molar-refractivity contribution in [3.05, 3.63) is 59.7 Å². The van der Waals surface area contributed by atoms with Gasteiger partial charge in [-0.1, -0.05) is 65.8 Å². The first kappa shape index (κ1) is 29.5. The molecule has 0 aromatic heterocycles. The van der Waals surface area contributed by atoms with E-state index in [4.69, 9.17) is 23.7 Å². The standard InChI is InChI=1S/C11H15ClO4S.C10H13ClO4S/c1-4-11(2,3)9-5-7-10(8-6-9)15-17(13,14)16-12;1-10(2,3)8-4-6-9(7-5-8)14-16(12,13)15-11/h5-8H,4H2,1-3H3;4-7H,1-3H3. The quantitative estimate of drug-likeness (QED) is 0.403. The van der Waals surface area contributed by atoms with Gasteiger partial charge in [0, 0.05) is 0 Å². The van der Waals surface area contributed by atoms with E-state index in [0.29, 0.717) is 0 Å². The zero-order valence-electron chi connectivity index (χ0n) is 19.2. The third-order valence-electron chi connectivity index (χ3n) is 4.79. The normalized spacial score (nSPS) is 12.5. The van der Waals surface area contributed by atoms with Gasteiger partial charge in [-0.25, -0.2) is 0 Å². The SMILES string of the molecule is CC(C)(C)c1ccc(OS(=O)(=O)OCl)cc1.CCC(C)(C)c1ccc(OS(=O)(=O)OCl)cc1. The third kappa shape index (κ3) is 10.1. The molecule has 0 aliphatic rings. The molecular weight excluding hydrogens is 515 g/mol. The van der Waals surface area contributed by atoms with Gasteiger partial charge in [0.05, 0.1) is 23.7 Å². The third-order valence-corrected chi connectivity index (χ3v) is 6.82. The summed E-state index contributed by atoms with van der Waals surface area (Å²) >= 11 is 9.49. The van der Waals surface area contributed by atoms with Crippen molar-refractivity contribution in [3.63, 3.8) is 0 Å². The van der Waals surface area contributed by atoms with Crippen molar-refractivity contribution in [1.29, 1.82) is 0 Å². The van der Waals surface area contributed by atoms with Gasteiger partial charge in [0.15, 0.2) is 0 Å². The Morgan fingerprint density at radius 2 is 1.00 bits per heavy atom. The minimum atomic E-state index is -4.16. The van der Waals surface area contributed by atoms with E-state index in [2.05, 4.69) is 57.4 Å². The van der Waals surface area contributed by atoms with E-state index in [0.717, 1.165) is 17.5 Å². The summed E-state index contributed by atoms with van der Waals surface area (Å²) in [6.07, 6.45) is 0.982. The molecule has 2 rings (SSSR count). The largest absolute Gasteiger partial charge is 0.465 e. The van der Waals surface area contributed by atoms with Gasteiger partial charge >= 0.3 is 20.8 Å². The lowest BCUT2D eigenvalue weighted by Gasteiger charge is -2.23. The van der Waals surface area contributed by atoms with Crippen molar-refractivity contribution in [1.82, 2.24) is 0 Å². The highest BCUT2D eigenvalue weighted by Crippen LogP contribution is 2.28. The van der Waals surface area contributed by atoms with E-state index >= 15 is 0 Å². The summed E-state index contributed by atoms with van der Waals surface area (Å²) in [6.45, 7) is 12.5. The van der Waals surface area contributed by atoms with Crippen molar-refractivity contribution >= 4 is 44.5 Å². The Hall–Kier alpha value is -1.56. The number of hydrogen-bond acceptors (Lipinski definition) is 8. The van der Waals surface area contributed by atoms with Crippen LogP contribution in [0, 0.1) is 0 Å². The first-order valence-corrected chi connectivity index (χ1v) is 13.0. The molecule has 0 bridgehead atoms. The molecule has 0 N–H and O–H groups in total. The van der Waals surface area contributed by atoms with Crippen LogP contribution in [0.5, 0.6) is 11.5 Å². The minimum absolute atomic E-state index is 0.000387. The number of rotatable bonds is 8. The van der Waals surface area contributed by atoms with Gasteiger partial charge in [-0.15, -0.1) is 7.47 Å². The van der Waals surface area contributed by atoms with Crippen LogP contribution in [-0.4, -0.2) is 16.8 Å². The first-order chi connectivity index (χ1) is 15.0. The van der Waals surface area contributed by atoms with Gasteiger partial charge in [-0.05, 0) is 52.6 Å². The van der Waals surface area contributed by atoms with Crippen LogP contribution < -0.4 is 8.37 Å². The highest BCUT2D eigenvalue weighted by atomic mass is 35.5. The predicted octanol–water partition coefficient (Wildman–Crippen LogP) is 5.95. The molecule has 0 radical (unpaired) electrons. The van der Waals surface area contributed by atoms with Crippen LogP contribution >= 0.6 is 23.7 Å². The van der Waals surface area contributed by atoms with E-state index in [9.17, 15) is 16.8 Å². The summed E-state index contributed by atoms with van der Waals surface area (Å²) in [6, 6.07) is 13.5. The minimum Gasteiger partial charge on any atom is -0.361 e. The van der Waals surface area contributed by atoms with Crippen molar-refractivity contribution in [2.45, 2.75) is 58.8 Å². The van der Waals surface area contributed by atoms with Crippen molar-refractivity contribution < 1.29 is 32.7 Å². The smallest absolute Gasteiger partial charge is 0.361 e. The van der Waals surface area contributed by atoms with E-state index in [1.165, 1.54) is 0 Å². The molecule has 2 aromatic carbocycles. The lowest BCUT2D eigenvalue weighted by molar-refractivity contribution is 0.404. The molecular formula is C21H28Cl2O8S2. The molecule has 0 aliphatic heterocycles.